The minimum atomic E-state index is 0.519. The van der Waals surface area contributed by atoms with E-state index in [0.717, 1.165) is 25.3 Å². The maximum atomic E-state index is 5.29. The SMILES string of the molecule is C#CCC(CC)NCC(CC)CC. The predicted octanol–water partition coefficient (Wildman–Crippen LogP) is 2.81. The number of hydrogen-bond acceptors (Lipinski definition) is 1. The van der Waals surface area contributed by atoms with Crippen molar-refractivity contribution in [1.29, 1.82) is 0 Å². The summed E-state index contributed by atoms with van der Waals surface area (Å²) in [7, 11) is 0. The number of terminal acetylenes is 1. The molecule has 0 radical (unpaired) electrons. The quantitative estimate of drug-likeness (QED) is 0.596. The lowest BCUT2D eigenvalue weighted by atomic mass is 10.0. The molecule has 1 unspecified atom stereocenters. The molecule has 0 aromatic carbocycles. The van der Waals surface area contributed by atoms with E-state index >= 15 is 0 Å². The highest BCUT2D eigenvalue weighted by atomic mass is 14.9. The Morgan fingerprint density at radius 1 is 1.15 bits per heavy atom. The van der Waals surface area contributed by atoms with Gasteiger partial charge in [-0.3, -0.25) is 0 Å². The first-order valence-corrected chi connectivity index (χ1v) is 5.45. The Morgan fingerprint density at radius 3 is 2.15 bits per heavy atom. The Hall–Kier alpha value is -0.480. The molecule has 0 saturated heterocycles. The lowest BCUT2D eigenvalue weighted by Gasteiger charge is -2.18. The maximum Gasteiger partial charge on any atom is 0.0240 e. The molecule has 0 saturated carbocycles. The Labute approximate surface area is 83.3 Å². The maximum absolute atomic E-state index is 5.29. The van der Waals surface area contributed by atoms with Crippen molar-refractivity contribution in [1.82, 2.24) is 5.32 Å². The van der Waals surface area contributed by atoms with E-state index in [1.807, 2.05) is 0 Å². The van der Waals surface area contributed by atoms with Crippen LogP contribution >= 0.6 is 0 Å². The zero-order valence-corrected chi connectivity index (χ0v) is 9.27. The summed E-state index contributed by atoms with van der Waals surface area (Å²) in [6.07, 6.45) is 9.79. The Morgan fingerprint density at radius 2 is 1.77 bits per heavy atom. The van der Waals surface area contributed by atoms with Gasteiger partial charge in [-0.05, 0) is 18.9 Å². The van der Waals surface area contributed by atoms with Gasteiger partial charge in [-0.25, -0.2) is 0 Å². The molecule has 1 nitrogen and oxygen atoms in total. The van der Waals surface area contributed by atoms with Gasteiger partial charge in [-0.15, -0.1) is 12.3 Å². The Bertz CT molecular complexity index is 142. The fourth-order valence-corrected chi connectivity index (χ4v) is 1.41. The van der Waals surface area contributed by atoms with Crippen LogP contribution in [0.15, 0.2) is 0 Å². The van der Waals surface area contributed by atoms with Gasteiger partial charge in [-0.2, -0.15) is 0 Å². The molecule has 76 valence electrons. The van der Waals surface area contributed by atoms with Gasteiger partial charge < -0.3 is 5.32 Å². The Balaban J connectivity index is 3.64. The average Bonchev–Trinajstić information content (AvgIpc) is 2.17. The molecule has 0 amide bonds. The standard InChI is InChI=1S/C12H23N/c1-5-9-12(8-4)13-10-11(6-2)7-3/h1,11-13H,6-10H2,2-4H3. The second-order valence-electron chi connectivity index (χ2n) is 3.60. The lowest BCUT2D eigenvalue weighted by molar-refractivity contribution is 0.403. The van der Waals surface area contributed by atoms with Gasteiger partial charge in [0.15, 0.2) is 0 Å². The van der Waals surface area contributed by atoms with Crippen molar-refractivity contribution in [2.75, 3.05) is 6.54 Å². The van der Waals surface area contributed by atoms with Crippen LogP contribution in [0.5, 0.6) is 0 Å². The first-order valence-electron chi connectivity index (χ1n) is 5.45. The summed E-state index contributed by atoms with van der Waals surface area (Å²) in [6.45, 7) is 7.80. The smallest absolute Gasteiger partial charge is 0.0240 e. The minimum absolute atomic E-state index is 0.519. The summed E-state index contributed by atoms with van der Waals surface area (Å²) in [6, 6.07) is 0.519. The van der Waals surface area contributed by atoms with Gasteiger partial charge in [0, 0.05) is 12.5 Å². The van der Waals surface area contributed by atoms with Gasteiger partial charge in [0.25, 0.3) is 0 Å². The van der Waals surface area contributed by atoms with Crippen molar-refractivity contribution < 1.29 is 0 Å². The van der Waals surface area contributed by atoms with Crippen LogP contribution < -0.4 is 5.32 Å². The van der Waals surface area contributed by atoms with E-state index in [2.05, 4.69) is 32.0 Å². The van der Waals surface area contributed by atoms with Crippen LogP contribution in [0.4, 0.5) is 0 Å². The molecule has 0 aliphatic carbocycles. The fraction of sp³-hybridized carbons (Fsp3) is 0.833. The molecule has 1 N–H and O–H groups in total. The molecule has 0 heterocycles. The van der Waals surface area contributed by atoms with Crippen molar-refractivity contribution in [3.8, 4) is 12.3 Å². The summed E-state index contributed by atoms with van der Waals surface area (Å²) < 4.78 is 0. The number of rotatable bonds is 7. The average molecular weight is 181 g/mol. The molecule has 1 heteroatoms. The number of nitrogens with one attached hydrogen (secondary N) is 1. The van der Waals surface area contributed by atoms with E-state index in [0.29, 0.717) is 6.04 Å². The van der Waals surface area contributed by atoms with Crippen molar-refractivity contribution in [2.45, 2.75) is 52.5 Å². The van der Waals surface area contributed by atoms with Crippen molar-refractivity contribution in [2.24, 2.45) is 5.92 Å². The summed E-state index contributed by atoms with van der Waals surface area (Å²) in [5.41, 5.74) is 0. The summed E-state index contributed by atoms with van der Waals surface area (Å²) in [5, 5.41) is 3.53. The van der Waals surface area contributed by atoms with Gasteiger partial charge >= 0.3 is 0 Å². The lowest BCUT2D eigenvalue weighted by Crippen LogP contribution is -2.32. The summed E-state index contributed by atoms with van der Waals surface area (Å²) in [5.74, 6) is 3.53. The second-order valence-corrected chi connectivity index (χ2v) is 3.60. The molecule has 0 aliphatic rings. The predicted molar refractivity (Wildman–Crippen MR) is 59.6 cm³/mol. The molecule has 0 bridgehead atoms. The molecule has 0 fully saturated rings. The van der Waals surface area contributed by atoms with Crippen LogP contribution in [0.1, 0.15) is 46.5 Å². The fourth-order valence-electron chi connectivity index (χ4n) is 1.41. The molecule has 0 rings (SSSR count). The normalized spacial score (nSPS) is 12.8. The first kappa shape index (κ1) is 12.5. The topological polar surface area (TPSA) is 12.0 Å². The minimum Gasteiger partial charge on any atom is -0.313 e. The van der Waals surface area contributed by atoms with Gasteiger partial charge in [0.1, 0.15) is 0 Å². The van der Waals surface area contributed by atoms with Crippen LogP contribution in [0.2, 0.25) is 0 Å². The Kier molecular flexibility index (Phi) is 7.83. The third kappa shape index (κ3) is 5.71. The highest BCUT2D eigenvalue weighted by Gasteiger charge is 2.07. The number of hydrogen-bond donors (Lipinski definition) is 1. The van der Waals surface area contributed by atoms with Crippen molar-refractivity contribution in [3.63, 3.8) is 0 Å². The molecule has 0 aromatic heterocycles. The van der Waals surface area contributed by atoms with Gasteiger partial charge in [-0.1, -0.05) is 33.6 Å². The third-order valence-corrected chi connectivity index (χ3v) is 2.71. The van der Waals surface area contributed by atoms with Gasteiger partial charge in [0.2, 0.25) is 0 Å². The second kappa shape index (κ2) is 8.13. The molecule has 0 spiro atoms. The highest BCUT2D eigenvalue weighted by molar-refractivity contribution is 4.89. The molecule has 1 atom stereocenters. The largest absolute Gasteiger partial charge is 0.313 e. The van der Waals surface area contributed by atoms with E-state index in [1.165, 1.54) is 12.8 Å². The molecular formula is C12H23N. The van der Waals surface area contributed by atoms with Crippen molar-refractivity contribution in [3.05, 3.63) is 0 Å². The summed E-state index contributed by atoms with van der Waals surface area (Å²) in [4.78, 5) is 0. The zero-order chi connectivity index (χ0) is 10.1. The third-order valence-electron chi connectivity index (χ3n) is 2.71. The molecule has 13 heavy (non-hydrogen) atoms. The molecule has 0 aliphatic heterocycles. The van der Waals surface area contributed by atoms with E-state index in [-0.39, 0.29) is 0 Å². The van der Waals surface area contributed by atoms with Crippen LogP contribution in [0, 0.1) is 18.3 Å². The van der Waals surface area contributed by atoms with E-state index < -0.39 is 0 Å². The van der Waals surface area contributed by atoms with E-state index in [1.54, 1.807) is 0 Å². The van der Waals surface area contributed by atoms with Crippen LogP contribution in [0.25, 0.3) is 0 Å². The molecule has 0 aromatic rings. The van der Waals surface area contributed by atoms with E-state index in [9.17, 15) is 0 Å². The first-order chi connectivity index (χ1) is 6.28. The van der Waals surface area contributed by atoms with Crippen molar-refractivity contribution >= 4 is 0 Å². The monoisotopic (exact) mass is 181 g/mol. The van der Waals surface area contributed by atoms with Crippen LogP contribution in [0.3, 0.4) is 0 Å². The molecular weight excluding hydrogens is 158 g/mol. The van der Waals surface area contributed by atoms with Gasteiger partial charge in [0.05, 0.1) is 0 Å². The highest BCUT2D eigenvalue weighted by Crippen LogP contribution is 2.06. The van der Waals surface area contributed by atoms with E-state index in [4.69, 9.17) is 6.42 Å². The van der Waals surface area contributed by atoms with Crippen LogP contribution in [-0.4, -0.2) is 12.6 Å². The zero-order valence-electron chi connectivity index (χ0n) is 9.27. The van der Waals surface area contributed by atoms with Crippen LogP contribution in [-0.2, 0) is 0 Å². The summed E-state index contributed by atoms with van der Waals surface area (Å²) >= 11 is 0.